The van der Waals surface area contributed by atoms with Crippen molar-refractivity contribution in [1.82, 2.24) is 10.2 Å². The number of halogens is 1. The van der Waals surface area contributed by atoms with Crippen molar-refractivity contribution in [2.75, 3.05) is 13.1 Å². The van der Waals surface area contributed by atoms with Crippen molar-refractivity contribution in [3.8, 4) is 0 Å². The molecule has 3 rings (SSSR count). The first-order chi connectivity index (χ1) is 10.7. The molecule has 0 amide bonds. The second-order valence-electron chi connectivity index (χ2n) is 6.74. The Bertz CT molecular complexity index is 457. The highest BCUT2D eigenvalue weighted by Gasteiger charge is 2.31. The summed E-state index contributed by atoms with van der Waals surface area (Å²) >= 11 is 5.92. The fourth-order valence-electron chi connectivity index (χ4n) is 3.82. The van der Waals surface area contributed by atoms with E-state index in [4.69, 9.17) is 11.6 Å². The molecule has 0 spiro atoms. The summed E-state index contributed by atoms with van der Waals surface area (Å²) in [6, 6.07) is 9.07. The van der Waals surface area contributed by atoms with Crippen LogP contribution in [0.4, 0.5) is 0 Å². The van der Waals surface area contributed by atoms with E-state index in [9.17, 15) is 5.11 Å². The van der Waals surface area contributed by atoms with Gasteiger partial charge in [0.2, 0.25) is 0 Å². The molecule has 0 aromatic heterocycles. The summed E-state index contributed by atoms with van der Waals surface area (Å²) in [6.07, 6.45) is 6.87. The molecule has 4 heteroatoms. The quantitative estimate of drug-likeness (QED) is 0.893. The van der Waals surface area contributed by atoms with E-state index in [2.05, 4.69) is 22.3 Å². The highest BCUT2D eigenvalue weighted by Crippen LogP contribution is 2.26. The van der Waals surface area contributed by atoms with Crippen LogP contribution in [0.15, 0.2) is 24.3 Å². The molecular formula is C18H27ClN2O. The number of benzene rings is 1. The summed E-state index contributed by atoms with van der Waals surface area (Å²) in [6.45, 7) is 3.13. The van der Waals surface area contributed by atoms with E-state index in [0.717, 1.165) is 31.1 Å². The van der Waals surface area contributed by atoms with Gasteiger partial charge in [-0.15, -0.1) is 0 Å². The zero-order valence-electron chi connectivity index (χ0n) is 13.2. The first kappa shape index (κ1) is 16.3. The van der Waals surface area contributed by atoms with Crippen LogP contribution in [-0.2, 0) is 6.54 Å². The van der Waals surface area contributed by atoms with E-state index in [1.54, 1.807) is 0 Å². The lowest BCUT2D eigenvalue weighted by atomic mass is 9.89. The van der Waals surface area contributed by atoms with Crippen molar-refractivity contribution in [1.29, 1.82) is 0 Å². The van der Waals surface area contributed by atoms with Gasteiger partial charge in [0.05, 0.1) is 6.10 Å². The van der Waals surface area contributed by atoms with Crippen LogP contribution >= 0.6 is 11.6 Å². The lowest BCUT2D eigenvalue weighted by Crippen LogP contribution is -2.51. The van der Waals surface area contributed by atoms with Crippen molar-refractivity contribution in [2.24, 2.45) is 0 Å². The molecule has 1 saturated carbocycles. The van der Waals surface area contributed by atoms with E-state index >= 15 is 0 Å². The Morgan fingerprint density at radius 1 is 1.05 bits per heavy atom. The van der Waals surface area contributed by atoms with E-state index < -0.39 is 0 Å². The minimum atomic E-state index is -0.104. The molecule has 2 aliphatic rings. The molecule has 2 N–H and O–H groups in total. The smallest absolute Gasteiger partial charge is 0.0695 e. The molecule has 22 heavy (non-hydrogen) atoms. The Hall–Kier alpha value is -0.610. The fourth-order valence-corrected chi connectivity index (χ4v) is 3.94. The molecule has 1 saturated heterocycles. The number of hydrogen-bond acceptors (Lipinski definition) is 3. The van der Waals surface area contributed by atoms with Gasteiger partial charge in [-0.1, -0.05) is 36.6 Å². The predicted octanol–water partition coefficient (Wildman–Crippen LogP) is 3.20. The van der Waals surface area contributed by atoms with Gasteiger partial charge in [0.1, 0.15) is 0 Å². The van der Waals surface area contributed by atoms with Crippen LogP contribution in [0.25, 0.3) is 0 Å². The lowest BCUT2D eigenvalue weighted by Gasteiger charge is -2.41. The molecule has 2 unspecified atom stereocenters. The SMILES string of the molecule is OC1CCCCC1N1CCC(NCc2ccc(Cl)cc2)CC1. The number of rotatable bonds is 4. The number of nitrogens with one attached hydrogen (secondary N) is 1. The third-order valence-corrected chi connectivity index (χ3v) is 5.45. The molecule has 1 heterocycles. The fraction of sp³-hybridized carbons (Fsp3) is 0.667. The van der Waals surface area contributed by atoms with Gasteiger partial charge in [-0.05, 0) is 43.4 Å². The Morgan fingerprint density at radius 3 is 2.41 bits per heavy atom. The van der Waals surface area contributed by atoms with Gasteiger partial charge < -0.3 is 10.4 Å². The number of nitrogens with zero attached hydrogens (tertiary/aromatic N) is 1. The zero-order valence-corrected chi connectivity index (χ0v) is 13.9. The molecule has 1 aromatic carbocycles. The molecule has 1 aliphatic heterocycles. The third-order valence-electron chi connectivity index (χ3n) is 5.20. The van der Waals surface area contributed by atoms with Crippen LogP contribution in [0, 0.1) is 0 Å². The van der Waals surface area contributed by atoms with Crippen LogP contribution in [-0.4, -0.2) is 41.3 Å². The number of aliphatic hydroxyl groups is 1. The average molecular weight is 323 g/mol. The molecule has 1 aliphatic carbocycles. The maximum absolute atomic E-state index is 10.2. The van der Waals surface area contributed by atoms with Gasteiger partial charge in [-0.25, -0.2) is 0 Å². The van der Waals surface area contributed by atoms with Crippen molar-refractivity contribution >= 4 is 11.6 Å². The van der Waals surface area contributed by atoms with Crippen LogP contribution in [0.3, 0.4) is 0 Å². The van der Waals surface area contributed by atoms with Gasteiger partial charge in [-0.2, -0.15) is 0 Å². The van der Waals surface area contributed by atoms with Gasteiger partial charge >= 0.3 is 0 Å². The first-order valence-corrected chi connectivity index (χ1v) is 9.00. The van der Waals surface area contributed by atoms with Gasteiger partial charge in [-0.3, -0.25) is 4.90 Å². The molecule has 2 atom stereocenters. The summed E-state index contributed by atoms with van der Waals surface area (Å²) in [5.41, 5.74) is 1.29. The maximum Gasteiger partial charge on any atom is 0.0695 e. The van der Waals surface area contributed by atoms with Crippen LogP contribution < -0.4 is 5.32 Å². The van der Waals surface area contributed by atoms with Crippen LogP contribution in [0.1, 0.15) is 44.1 Å². The summed E-state index contributed by atoms with van der Waals surface area (Å²) in [7, 11) is 0. The van der Waals surface area contributed by atoms with Crippen molar-refractivity contribution < 1.29 is 5.11 Å². The lowest BCUT2D eigenvalue weighted by molar-refractivity contribution is 0.00714. The molecule has 3 nitrogen and oxygen atoms in total. The van der Waals surface area contributed by atoms with Crippen molar-refractivity contribution in [3.63, 3.8) is 0 Å². The minimum absolute atomic E-state index is 0.104. The summed E-state index contributed by atoms with van der Waals surface area (Å²) in [4.78, 5) is 2.52. The molecule has 122 valence electrons. The monoisotopic (exact) mass is 322 g/mol. The Kier molecular flexibility index (Phi) is 5.75. The highest BCUT2D eigenvalue weighted by molar-refractivity contribution is 6.30. The van der Waals surface area contributed by atoms with Gasteiger partial charge in [0.25, 0.3) is 0 Å². The van der Waals surface area contributed by atoms with Crippen molar-refractivity contribution in [2.45, 2.75) is 63.3 Å². The van der Waals surface area contributed by atoms with Crippen LogP contribution in [0.2, 0.25) is 5.02 Å². The first-order valence-electron chi connectivity index (χ1n) is 8.62. The molecule has 0 bridgehead atoms. The van der Waals surface area contributed by atoms with E-state index in [-0.39, 0.29) is 6.10 Å². The van der Waals surface area contributed by atoms with Crippen molar-refractivity contribution in [3.05, 3.63) is 34.9 Å². The number of hydrogen-bond donors (Lipinski definition) is 2. The average Bonchev–Trinajstić information content (AvgIpc) is 2.55. The molecule has 1 aromatic rings. The molecule has 0 radical (unpaired) electrons. The Labute approximate surface area is 138 Å². The Balaban J connectivity index is 1.42. The van der Waals surface area contributed by atoms with E-state index in [1.165, 1.54) is 37.7 Å². The molecular weight excluding hydrogens is 296 g/mol. The second-order valence-corrected chi connectivity index (χ2v) is 7.17. The molecule has 2 fully saturated rings. The Morgan fingerprint density at radius 2 is 1.73 bits per heavy atom. The second kappa shape index (κ2) is 7.78. The number of piperidine rings is 1. The topological polar surface area (TPSA) is 35.5 Å². The van der Waals surface area contributed by atoms with Crippen LogP contribution in [0.5, 0.6) is 0 Å². The van der Waals surface area contributed by atoms with E-state index in [0.29, 0.717) is 12.1 Å². The summed E-state index contributed by atoms with van der Waals surface area (Å²) in [5, 5.41) is 14.6. The largest absolute Gasteiger partial charge is 0.391 e. The highest BCUT2D eigenvalue weighted by atomic mass is 35.5. The maximum atomic E-state index is 10.2. The standard InChI is InChI=1S/C18H27ClN2O/c19-15-7-5-14(6-8-15)13-20-16-9-11-21(12-10-16)17-3-1-2-4-18(17)22/h5-8,16-18,20,22H,1-4,9-13H2. The van der Waals surface area contributed by atoms with Gasteiger partial charge in [0, 0.05) is 36.7 Å². The third kappa shape index (κ3) is 4.23. The number of aliphatic hydroxyl groups excluding tert-OH is 1. The normalized spacial score (nSPS) is 27.9. The number of likely N-dealkylation sites (tertiary alicyclic amines) is 1. The van der Waals surface area contributed by atoms with E-state index in [1.807, 2.05) is 12.1 Å². The summed E-state index contributed by atoms with van der Waals surface area (Å²) < 4.78 is 0. The van der Waals surface area contributed by atoms with Gasteiger partial charge in [0.15, 0.2) is 0 Å². The minimum Gasteiger partial charge on any atom is -0.391 e. The zero-order chi connectivity index (χ0) is 15.4. The summed E-state index contributed by atoms with van der Waals surface area (Å²) in [5.74, 6) is 0. The predicted molar refractivity (Wildman–Crippen MR) is 91.1 cm³/mol.